The van der Waals surface area contributed by atoms with Gasteiger partial charge in [0.2, 0.25) is 0 Å². The van der Waals surface area contributed by atoms with E-state index in [-0.39, 0.29) is 5.56 Å². The number of hydrogen-bond acceptors (Lipinski definition) is 3. The summed E-state index contributed by atoms with van der Waals surface area (Å²) in [6, 6.07) is 5.98. The lowest BCUT2D eigenvalue weighted by Crippen LogP contribution is -2.30. The van der Waals surface area contributed by atoms with E-state index in [2.05, 4.69) is 6.07 Å². The third kappa shape index (κ3) is 3.10. The first kappa shape index (κ1) is 15.2. The minimum absolute atomic E-state index is 0.263. The molecule has 1 aliphatic rings. The molecule has 110 valence electrons. The molecule has 0 N–H and O–H groups in total. The van der Waals surface area contributed by atoms with Gasteiger partial charge in [0.1, 0.15) is 5.82 Å². The second-order valence-corrected chi connectivity index (χ2v) is 5.90. The second kappa shape index (κ2) is 5.65. The molecule has 1 heterocycles. The van der Waals surface area contributed by atoms with Crippen molar-refractivity contribution in [3.63, 3.8) is 0 Å². The van der Waals surface area contributed by atoms with Crippen LogP contribution in [0.15, 0.2) is 18.2 Å². The van der Waals surface area contributed by atoms with Crippen LogP contribution in [0.5, 0.6) is 0 Å². The Morgan fingerprint density at radius 1 is 1.29 bits per heavy atom. The molecule has 1 aromatic rings. The molecule has 0 spiro atoms. The zero-order chi connectivity index (χ0) is 15.6. The number of fused-ring (bicyclic) bond motifs is 1. The molecular weight excluding hydrogens is 271 g/mol. The van der Waals surface area contributed by atoms with Crippen LogP contribution < -0.4 is 4.90 Å². The van der Waals surface area contributed by atoms with E-state index in [0.29, 0.717) is 18.7 Å². The van der Waals surface area contributed by atoms with Gasteiger partial charge in [0.15, 0.2) is 0 Å². The number of amides is 1. The minimum atomic E-state index is -0.602. The van der Waals surface area contributed by atoms with Crippen molar-refractivity contribution in [3.8, 4) is 6.07 Å². The topological polar surface area (TPSA) is 61.2 Å². The highest BCUT2D eigenvalue weighted by molar-refractivity contribution is 6.52. The zero-order valence-corrected chi connectivity index (χ0v) is 12.1. The Hall–Kier alpha value is -2.22. The minimum Gasteiger partial charge on any atom is -0.305 e. The normalized spacial score (nSPS) is 14.3. The predicted octanol–water partition coefficient (Wildman–Crippen LogP) is 3.08. The van der Waals surface area contributed by atoms with Gasteiger partial charge >= 0.3 is 0 Å². The van der Waals surface area contributed by atoms with Gasteiger partial charge in [-0.2, -0.15) is 5.26 Å². The van der Waals surface area contributed by atoms with Gasteiger partial charge in [-0.3, -0.25) is 9.59 Å². The third-order valence-corrected chi connectivity index (χ3v) is 3.67. The fourth-order valence-electron chi connectivity index (χ4n) is 2.38. The summed E-state index contributed by atoms with van der Waals surface area (Å²) < 4.78 is 13.3. The Kier molecular flexibility index (Phi) is 4.08. The standard InChI is InChI=1S/C16H17FN2O2/c1-16(2,10-18)7-3-4-8-19-13-9-11(17)5-6-12(13)14(20)15(19)21/h5-6,9H,3-4,7-8H2,1-2H3. The lowest BCUT2D eigenvalue weighted by molar-refractivity contribution is -0.114. The number of unbranched alkanes of at least 4 members (excludes halogenated alkanes) is 1. The van der Waals surface area contributed by atoms with Crippen LogP contribution in [-0.2, 0) is 4.79 Å². The summed E-state index contributed by atoms with van der Waals surface area (Å²) >= 11 is 0. The van der Waals surface area contributed by atoms with Gasteiger partial charge < -0.3 is 4.90 Å². The highest BCUT2D eigenvalue weighted by atomic mass is 19.1. The predicted molar refractivity (Wildman–Crippen MR) is 76.3 cm³/mol. The maximum atomic E-state index is 13.3. The van der Waals surface area contributed by atoms with Crippen LogP contribution in [0.3, 0.4) is 0 Å². The molecule has 0 saturated carbocycles. The van der Waals surface area contributed by atoms with Gasteiger partial charge in [0.25, 0.3) is 11.7 Å². The molecule has 1 amide bonds. The molecule has 1 aliphatic heterocycles. The molecular formula is C16H17FN2O2. The number of nitrogens with zero attached hydrogens (tertiary/aromatic N) is 2. The number of rotatable bonds is 5. The number of nitriles is 1. The maximum absolute atomic E-state index is 13.3. The Morgan fingerprint density at radius 3 is 2.67 bits per heavy atom. The van der Waals surface area contributed by atoms with E-state index in [9.17, 15) is 14.0 Å². The van der Waals surface area contributed by atoms with Crippen LogP contribution in [0.1, 0.15) is 43.5 Å². The number of carbonyl (C=O) groups is 2. The number of hydrogen-bond donors (Lipinski definition) is 0. The molecule has 1 aromatic carbocycles. The quantitative estimate of drug-likeness (QED) is 0.618. The fourth-order valence-corrected chi connectivity index (χ4v) is 2.38. The largest absolute Gasteiger partial charge is 0.305 e. The van der Waals surface area contributed by atoms with Crippen molar-refractivity contribution in [2.75, 3.05) is 11.4 Å². The van der Waals surface area contributed by atoms with E-state index in [1.807, 2.05) is 13.8 Å². The second-order valence-electron chi connectivity index (χ2n) is 5.90. The molecule has 0 bridgehead atoms. The van der Waals surface area contributed by atoms with Crippen molar-refractivity contribution in [2.24, 2.45) is 5.41 Å². The lowest BCUT2D eigenvalue weighted by Gasteiger charge is -2.18. The van der Waals surface area contributed by atoms with Gasteiger partial charge in [-0.25, -0.2) is 4.39 Å². The molecule has 0 aliphatic carbocycles. The highest BCUT2D eigenvalue weighted by Gasteiger charge is 2.35. The van der Waals surface area contributed by atoms with Crippen molar-refractivity contribution in [2.45, 2.75) is 33.1 Å². The number of ketones is 1. The van der Waals surface area contributed by atoms with Gasteiger partial charge in [0.05, 0.1) is 22.7 Å². The summed E-state index contributed by atoms with van der Waals surface area (Å²) in [4.78, 5) is 25.1. The van der Waals surface area contributed by atoms with Crippen molar-refractivity contribution in [3.05, 3.63) is 29.6 Å². The summed E-state index contributed by atoms with van der Waals surface area (Å²) in [7, 11) is 0. The molecule has 0 aromatic heterocycles. The maximum Gasteiger partial charge on any atom is 0.299 e. The Balaban J connectivity index is 2.02. The summed E-state index contributed by atoms with van der Waals surface area (Å²) in [5, 5.41) is 8.94. The summed E-state index contributed by atoms with van der Waals surface area (Å²) in [5.74, 6) is -1.65. The van der Waals surface area contributed by atoms with Crippen molar-refractivity contribution in [1.29, 1.82) is 5.26 Å². The van der Waals surface area contributed by atoms with Gasteiger partial charge in [-0.05, 0) is 44.9 Å². The van der Waals surface area contributed by atoms with Crippen molar-refractivity contribution < 1.29 is 14.0 Å². The van der Waals surface area contributed by atoms with E-state index < -0.39 is 22.9 Å². The summed E-state index contributed by atoms with van der Waals surface area (Å²) in [6.45, 7) is 4.09. The third-order valence-electron chi connectivity index (χ3n) is 3.67. The van der Waals surface area contributed by atoms with E-state index in [4.69, 9.17) is 5.26 Å². The Morgan fingerprint density at radius 2 is 2.00 bits per heavy atom. The van der Waals surface area contributed by atoms with Crippen molar-refractivity contribution >= 4 is 17.4 Å². The first-order chi connectivity index (χ1) is 9.85. The molecule has 4 nitrogen and oxygen atoms in total. The Labute approximate surface area is 123 Å². The monoisotopic (exact) mass is 288 g/mol. The number of halogens is 1. The van der Waals surface area contributed by atoms with Crippen LogP contribution in [0.4, 0.5) is 10.1 Å². The van der Waals surface area contributed by atoms with E-state index >= 15 is 0 Å². The first-order valence-corrected chi connectivity index (χ1v) is 6.93. The average Bonchev–Trinajstić information content (AvgIpc) is 2.67. The summed E-state index contributed by atoms with van der Waals surface area (Å²) in [6.07, 6.45) is 2.15. The zero-order valence-electron chi connectivity index (χ0n) is 12.1. The lowest BCUT2D eigenvalue weighted by atomic mass is 9.89. The Bertz CT molecular complexity index is 632. The fraction of sp³-hybridized carbons (Fsp3) is 0.438. The van der Waals surface area contributed by atoms with E-state index in [0.717, 1.165) is 12.8 Å². The van der Waals surface area contributed by atoms with Crippen LogP contribution in [0.2, 0.25) is 0 Å². The van der Waals surface area contributed by atoms with Crippen molar-refractivity contribution in [1.82, 2.24) is 0 Å². The number of benzene rings is 1. The van der Waals surface area contributed by atoms with Gasteiger partial charge in [-0.15, -0.1) is 0 Å². The van der Waals surface area contributed by atoms with Crippen LogP contribution in [-0.4, -0.2) is 18.2 Å². The molecule has 0 unspecified atom stereocenters. The van der Waals surface area contributed by atoms with Crippen LogP contribution in [0, 0.1) is 22.6 Å². The molecule has 2 rings (SSSR count). The molecule has 0 saturated heterocycles. The van der Waals surface area contributed by atoms with Crippen LogP contribution >= 0.6 is 0 Å². The SMILES string of the molecule is CC(C)(C#N)CCCCN1C(=O)C(=O)c2ccc(F)cc21. The van der Waals surface area contributed by atoms with E-state index in [1.165, 1.54) is 23.1 Å². The van der Waals surface area contributed by atoms with Gasteiger partial charge in [-0.1, -0.05) is 6.42 Å². The molecule has 0 fully saturated rings. The molecule has 5 heteroatoms. The summed E-state index contributed by atoms with van der Waals surface area (Å²) in [5.41, 5.74) is 0.220. The molecule has 21 heavy (non-hydrogen) atoms. The number of carbonyl (C=O) groups excluding carboxylic acids is 2. The van der Waals surface area contributed by atoms with E-state index in [1.54, 1.807) is 0 Å². The smallest absolute Gasteiger partial charge is 0.299 e. The number of anilines is 1. The van der Waals surface area contributed by atoms with Gasteiger partial charge in [0, 0.05) is 6.54 Å². The molecule has 0 radical (unpaired) electrons. The average molecular weight is 288 g/mol. The highest BCUT2D eigenvalue weighted by Crippen LogP contribution is 2.30. The number of Topliss-reactive ketones (excluding diaryl/α,β-unsaturated/α-hetero) is 1. The first-order valence-electron chi connectivity index (χ1n) is 6.93. The van der Waals surface area contributed by atoms with Crippen LogP contribution in [0.25, 0.3) is 0 Å². The molecule has 0 atom stereocenters.